The highest BCUT2D eigenvalue weighted by molar-refractivity contribution is 7.15. The van der Waals surface area contributed by atoms with Crippen LogP contribution in [-0.4, -0.2) is 38.9 Å². The number of anilines is 2. The number of thiazole rings is 1. The number of nitrogens with one attached hydrogen (secondary N) is 1. The van der Waals surface area contributed by atoms with Crippen molar-refractivity contribution in [1.82, 2.24) is 19.9 Å². The first-order valence-corrected chi connectivity index (χ1v) is 9.29. The molecule has 0 radical (unpaired) electrons. The zero-order valence-corrected chi connectivity index (χ0v) is 15.2. The number of amides is 1. The third-order valence-corrected chi connectivity index (χ3v) is 4.99. The standard InChI is InChI=1S/C18H18N6OS/c1-12-10-21-18(26-12)23-16(25)13-11-20-17(24-8-4-5-9-24)22-15(13)14-6-2-3-7-19-14/h2-3,6-7,10-11H,4-5,8-9H2,1H3,(H,21,23,25). The summed E-state index contributed by atoms with van der Waals surface area (Å²) in [5, 5.41) is 3.38. The van der Waals surface area contributed by atoms with Gasteiger partial charge in [-0.1, -0.05) is 6.07 Å². The van der Waals surface area contributed by atoms with E-state index >= 15 is 0 Å². The van der Waals surface area contributed by atoms with Gasteiger partial charge in [-0.2, -0.15) is 0 Å². The quantitative estimate of drug-likeness (QED) is 0.764. The Kier molecular flexibility index (Phi) is 4.57. The van der Waals surface area contributed by atoms with Gasteiger partial charge in [-0.15, -0.1) is 11.3 Å². The molecule has 4 rings (SSSR count). The number of aromatic nitrogens is 4. The van der Waals surface area contributed by atoms with Crippen molar-refractivity contribution in [2.24, 2.45) is 0 Å². The van der Waals surface area contributed by atoms with Gasteiger partial charge >= 0.3 is 0 Å². The molecule has 0 spiro atoms. The summed E-state index contributed by atoms with van der Waals surface area (Å²) >= 11 is 1.43. The molecular formula is C18H18N6OS. The number of carbonyl (C=O) groups is 1. The number of hydrogen-bond donors (Lipinski definition) is 1. The lowest BCUT2D eigenvalue weighted by Gasteiger charge is -2.17. The molecule has 0 saturated carbocycles. The van der Waals surface area contributed by atoms with E-state index in [0.717, 1.165) is 30.8 Å². The molecule has 7 nitrogen and oxygen atoms in total. The molecule has 0 aliphatic carbocycles. The van der Waals surface area contributed by atoms with Gasteiger partial charge in [0, 0.05) is 36.6 Å². The van der Waals surface area contributed by atoms with E-state index in [1.807, 2.05) is 25.1 Å². The minimum Gasteiger partial charge on any atom is -0.341 e. The maximum absolute atomic E-state index is 12.8. The third-order valence-electron chi connectivity index (χ3n) is 4.16. The van der Waals surface area contributed by atoms with Crippen molar-refractivity contribution in [2.75, 3.05) is 23.3 Å². The van der Waals surface area contributed by atoms with Crippen LogP contribution in [0.15, 0.2) is 36.8 Å². The Balaban J connectivity index is 1.71. The lowest BCUT2D eigenvalue weighted by atomic mass is 10.1. The van der Waals surface area contributed by atoms with E-state index in [4.69, 9.17) is 0 Å². The van der Waals surface area contributed by atoms with Gasteiger partial charge in [0.1, 0.15) is 5.69 Å². The van der Waals surface area contributed by atoms with Gasteiger partial charge in [0.05, 0.1) is 11.3 Å². The largest absolute Gasteiger partial charge is 0.341 e. The van der Waals surface area contributed by atoms with Crippen LogP contribution in [0.2, 0.25) is 0 Å². The lowest BCUT2D eigenvalue weighted by Crippen LogP contribution is -2.22. The predicted molar refractivity (Wildman–Crippen MR) is 102 cm³/mol. The molecule has 132 valence electrons. The highest BCUT2D eigenvalue weighted by Gasteiger charge is 2.21. The van der Waals surface area contributed by atoms with Crippen LogP contribution in [0.3, 0.4) is 0 Å². The fourth-order valence-electron chi connectivity index (χ4n) is 2.88. The second-order valence-electron chi connectivity index (χ2n) is 6.07. The highest BCUT2D eigenvalue weighted by Crippen LogP contribution is 2.25. The molecule has 4 heterocycles. The van der Waals surface area contributed by atoms with Gasteiger partial charge in [0.25, 0.3) is 5.91 Å². The molecule has 1 aliphatic rings. The van der Waals surface area contributed by atoms with Crippen LogP contribution in [0.4, 0.5) is 11.1 Å². The monoisotopic (exact) mass is 366 g/mol. The van der Waals surface area contributed by atoms with E-state index in [0.29, 0.717) is 28.0 Å². The van der Waals surface area contributed by atoms with Gasteiger partial charge < -0.3 is 4.90 Å². The molecule has 3 aromatic heterocycles. The summed E-state index contributed by atoms with van der Waals surface area (Å²) in [7, 11) is 0. The highest BCUT2D eigenvalue weighted by atomic mass is 32.1. The molecule has 3 aromatic rings. The Hall–Kier alpha value is -2.87. The van der Waals surface area contributed by atoms with E-state index in [2.05, 4.69) is 30.2 Å². The maximum Gasteiger partial charge on any atom is 0.261 e. The summed E-state index contributed by atoms with van der Waals surface area (Å²) < 4.78 is 0. The fourth-order valence-corrected chi connectivity index (χ4v) is 3.54. The van der Waals surface area contributed by atoms with Crippen LogP contribution in [0, 0.1) is 6.92 Å². The summed E-state index contributed by atoms with van der Waals surface area (Å²) in [6.07, 6.45) is 7.27. The van der Waals surface area contributed by atoms with E-state index in [1.165, 1.54) is 11.3 Å². The number of carbonyl (C=O) groups excluding carboxylic acids is 1. The first kappa shape index (κ1) is 16.6. The van der Waals surface area contributed by atoms with E-state index in [-0.39, 0.29) is 5.91 Å². The van der Waals surface area contributed by atoms with Crippen molar-refractivity contribution in [3.8, 4) is 11.4 Å². The second-order valence-corrected chi connectivity index (χ2v) is 7.31. The summed E-state index contributed by atoms with van der Waals surface area (Å²) in [4.78, 5) is 33.6. The molecule has 1 fully saturated rings. The van der Waals surface area contributed by atoms with E-state index < -0.39 is 0 Å². The van der Waals surface area contributed by atoms with Crippen LogP contribution in [-0.2, 0) is 0 Å². The van der Waals surface area contributed by atoms with Crippen LogP contribution in [0.5, 0.6) is 0 Å². The van der Waals surface area contributed by atoms with Crippen molar-refractivity contribution in [3.63, 3.8) is 0 Å². The van der Waals surface area contributed by atoms with Crippen molar-refractivity contribution in [1.29, 1.82) is 0 Å². The predicted octanol–water partition coefficient (Wildman–Crippen LogP) is 3.16. The van der Waals surface area contributed by atoms with Gasteiger partial charge in [-0.3, -0.25) is 15.1 Å². The number of rotatable bonds is 4. The zero-order valence-electron chi connectivity index (χ0n) is 14.3. The SMILES string of the molecule is Cc1cnc(NC(=O)c2cnc(N3CCCC3)nc2-c2ccccn2)s1. The smallest absolute Gasteiger partial charge is 0.261 e. The van der Waals surface area contributed by atoms with Crippen molar-refractivity contribution < 1.29 is 4.79 Å². The number of aryl methyl sites for hydroxylation is 1. The second kappa shape index (κ2) is 7.17. The van der Waals surface area contributed by atoms with Gasteiger partial charge in [0.2, 0.25) is 5.95 Å². The first-order valence-electron chi connectivity index (χ1n) is 8.48. The van der Waals surface area contributed by atoms with E-state index in [1.54, 1.807) is 18.6 Å². The zero-order chi connectivity index (χ0) is 17.9. The van der Waals surface area contributed by atoms with Gasteiger partial charge in [0.15, 0.2) is 5.13 Å². The summed E-state index contributed by atoms with van der Waals surface area (Å²) in [5.74, 6) is 0.359. The minimum atomic E-state index is -0.284. The average Bonchev–Trinajstić information content (AvgIpc) is 3.34. The van der Waals surface area contributed by atoms with Crippen LogP contribution < -0.4 is 10.2 Å². The summed E-state index contributed by atoms with van der Waals surface area (Å²) in [5.41, 5.74) is 1.57. The van der Waals surface area contributed by atoms with Crippen LogP contribution in [0.1, 0.15) is 28.1 Å². The normalized spacial score (nSPS) is 13.8. The first-order chi connectivity index (χ1) is 12.7. The van der Waals surface area contributed by atoms with Gasteiger partial charge in [-0.05, 0) is 31.9 Å². The van der Waals surface area contributed by atoms with Crippen molar-refractivity contribution in [2.45, 2.75) is 19.8 Å². The van der Waals surface area contributed by atoms with Crippen molar-refractivity contribution in [3.05, 3.63) is 47.2 Å². The van der Waals surface area contributed by atoms with Crippen LogP contribution >= 0.6 is 11.3 Å². The average molecular weight is 366 g/mol. The molecule has 0 unspecified atom stereocenters. The molecule has 8 heteroatoms. The van der Waals surface area contributed by atoms with Gasteiger partial charge in [-0.25, -0.2) is 15.0 Å². The Morgan fingerprint density at radius 1 is 1.15 bits per heavy atom. The fraction of sp³-hybridized carbons (Fsp3) is 0.278. The topological polar surface area (TPSA) is 83.9 Å². The Morgan fingerprint density at radius 2 is 2.00 bits per heavy atom. The Bertz CT molecular complexity index is 920. The molecule has 0 aromatic carbocycles. The maximum atomic E-state index is 12.8. The molecule has 26 heavy (non-hydrogen) atoms. The summed E-state index contributed by atoms with van der Waals surface area (Å²) in [6.45, 7) is 3.82. The third kappa shape index (κ3) is 3.41. The number of pyridine rings is 1. The molecule has 1 saturated heterocycles. The molecule has 1 N–H and O–H groups in total. The Labute approximate surface area is 155 Å². The number of hydrogen-bond acceptors (Lipinski definition) is 7. The molecule has 0 bridgehead atoms. The minimum absolute atomic E-state index is 0.284. The van der Waals surface area contributed by atoms with E-state index in [9.17, 15) is 4.79 Å². The molecular weight excluding hydrogens is 348 g/mol. The molecule has 0 atom stereocenters. The summed E-state index contributed by atoms with van der Waals surface area (Å²) in [6, 6.07) is 5.57. The molecule has 1 amide bonds. The number of nitrogens with zero attached hydrogens (tertiary/aromatic N) is 5. The molecule has 1 aliphatic heterocycles. The Morgan fingerprint density at radius 3 is 2.69 bits per heavy atom. The lowest BCUT2D eigenvalue weighted by molar-refractivity contribution is 0.102. The van der Waals surface area contributed by atoms with Crippen LogP contribution in [0.25, 0.3) is 11.4 Å². The van der Waals surface area contributed by atoms with Crippen molar-refractivity contribution >= 4 is 28.3 Å².